The van der Waals surface area contributed by atoms with Crippen molar-refractivity contribution >= 4 is 11.9 Å². The Hall–Kier alpha value is -1.78. The van der Waals surface area contributed by atoms with Gasteiger partial charge in [-0.05, 0) is 12.1 Å². The Morgan fingerprint density at radius 1 is 1.59 bits per heavy atom. The summed E-state index contributed by atoms with van der Waals surface area (Å²) in [5.74, 6) is 0.0951. The van der Waals surface area contributed by atoms with Gasteiger partial charge in [-0.15, -0.1) is 0 Å². The fraction of sp³-hybridized carbons (Fsp3) is 0.500. The molecular formula is C12H16N2O3. The van der Waals surface area contributed by atoms with Crippen molar-refractivity contribution in [3.05, 3.63) is 24.0 Å². The molecule has 0 aromatic carbocycles. The fourth-order valence-corrected chi connectivity index (χ4v) is 2.22. The minimum absolute atomic E-state index is 0.168. The Kier molecular flexibility index (Phi) is 3.17. The number of ether oxygens (including phenoxy) is 1. The second-order valence-corrected chi connectivity index (χ2v) is 4.38. The molecule has 2 rings (SSSR count). The smallest absolute Gasteiger partial charge is 0.354 e. The van der Waals surface area contributed by atoms with Crippen molar-refractivity contribution in [1.29, 1.82) is 0 Å². The quantitative estimate of drug-likeness (QED) is 0.728. The van der Waals surface area contributed by atoms with Crippen molar-refractivity contribution in [2.75, 3.05) is 20.7 Å². The third-order valence-electron chi connectivity index (χ3n) is 3.10. The molecule has 2 heterocycles. The van der Waals surface area contributed by atoms with Gasteiger partial charge >= 0.3 is 5.97 Å². The summed E-state index contributed by atoms with van der Waals surface area (Å²) in [5, 5.41) is 0. The molecule has 1 aliphatic heterocycles. The van der Waals surface area contributed by atoms with Gasteiger partial charge in [-0.1, -0.05) is 0 Å². The van der Waals surface area contributed by atoms with Crippen molar-refractivity contribution in [2.45, 2.75) is 13.0 Å². The molecule has 1 amide bonds. The van der Waals surface area contributed by atoms with Crippen LogP contribution in [0, 0.1) is 5.92 Å². The second-order valence-electron chi connectivity index (χ2n) is 4.38. The summed E-state index contributed by atoms with van der Waals surface area (Å²) in [4.78, 5) is 24.6. The Bertz CT molecular complexity index is 439. The number of esters is 1. The number of hydrogen-bond donors (Lipinski definition) is 0. The minimum atomic E-state index is -0.340. The predicted octanol–water partition coefficient (Wildman–Crippen LogP) is 0.753. The first-order valence-corrected chi connectivity index (χ1v) is 5.59. The fourth-order valence-electron chi connectivity index (χ4n) is 2.22. The lowest BCUT2D eigenvalue weighted by atomic mass is 10.1. The number of aromatic nitrogens is 1. The summed E-state index contributed by atoms with van der Waals surface area (Å²) in [5.41, 5.74) is 0.537. The first-order chi connectivity index (χ1) is 8.11. The van der Waals surface area contributed by atoms with E-state index in [0.29, 0.717) is 18.7 Å². The number of likely N-dealkylation sites (tertiary alicyclic amines) is 1. The molecule has 1 atom stereocenters. The maximum atomic E-state index is 11.5. The zero-order valence-corrected chi connectivity index (χ0v) is 10.0. The van der Waals surface area contributed by atoms with Gasteiger partial charge in [0.1, 0.15) is 5.69 Å². The standard InChI is InChI=1S/C12H16N2O3/c1-13-7-9(6-11(13)15)8-14-5-3-4-10(14)12(16)17-2/h3-5,9H,6-8H2,1-2H3. The highest BCUT2D eigenvalue weighted by Crippen LogP contribution is 2.19. The van der Waals surface area contributed by atoms with Crippen molar-refractivity contribution in [2.24, 2.45) is 5.92 Å². The van der Waals surface area contributed by atoms with Crippen molar-refractivity contribution in [3.8, 4) is 0 Å². The molecule has 17 heavy (non-hydrogen) atoms. The van der Waals surface area contributed by atoms with E-state index in [1.54, 1.807) is 18.0 Å². The number of nitrogens with zero attached hydrogens (tertiary/aromatic N) is 2. The SMILES string of the molecule is COC(=O)c1cccn1CC1CC(=O)N(C)C1. The van der Waals surface area contributed by atoms with Crippen LogP contribution >= 0.6 is 0 Å². The van der Waals surface area contributed by atoms with Crippen molar-refractivity contribution in [1.82, 2.24) is 9.47 Å². The number of amides is 1. The summed E-state index contributed by atoms with van der Waals surface area (Å²) in [6.07, 6.45) is 2.39. The molecule has 0 bridgehead atoms. The summed E-state index contributed by atoms with van der Waals surface area (Å²) in [6, 6.07) is 3.54. The summed E-state index contributed by atoms with van der Waals surface area (Å²) in [7, 11) is 3.17. The van der Waals surface area contributed by atoms with Crippen LogP contribution in [0.15, 0.2) is 18.3 Å². The molecule has 1 unspecified atom stereocenters. The average molecular weight is 236 g/mol. The van der Waals surface area contributed by atoms with Crippen LogP contribution in [0.5, 0.6) is 0 Å². The lowest BCUT2D eigenvalue weighted by Gasteiger charge is -2.13. The van der Waals surface area contributed by atoms with E-state index in [9.17, 15) is 9.59 Å². The van der Waals surface area contributed by atoms with E-state index in [1.807, 2.05) is 16.8 Å². The molecule has 0 saturated carbocycles. The number of carbonyl (C=O) groups is 2. The van der Waals surface area contributed by atoms with E-state index in [1.165, 1.54) is 7.11 Å². The molecule has 1 aromatic rings. The van der Waals surface area contributed by atoms with Crippen LogP contribution < -0.4 is 0 Å². The normalized spacial score (nSPS) is 19.8. The molecule has 5 heteroatoms. The van der Waals surface area contributed by atoms with Gasteiger partial charge < -0.3 is 14.2 Å². The van der Waals surface area contributed by atoms with Gasteiger partial charge in [0.15, 0.2) is 0 Å². The number of methoxy groups -OCH3 is 1. The Morgan fingerprint density at radius 3 is 2.94 bits per heavy atom. The largest absolute Gasteiger partial charge is 0.464 e. The molecule has 1 aromatic heterocycles. The van der Waals surface area contributed by atoms with Gasteiger partial charge in [-0.2, -0.15) is 0 Å². The zero-order valence-electron chi connectivity index (χ0n) is 10.0. The third kappa shape index (κ3) is 2.33. The summed E-state index contributed by atoms with van der Waals surface area (Å²) < 4.78 is 6.55. The highest BCUT2D eigenvalue weighted by Gasteiger charge is 2.27. The predicted molar refractivity (Wildman–Crippen MR) is 61.5 cm³/mol. The Labute approximate surface area is 100.0 Å². The lowest BCUT2D eigenvalue weighted by molar-refractivity contribution is -0.126. The van der Waals surface area contributed by atoms with Gasteiger partial charge in [-0.3, -0.25) is 4.79 Å². The van der Waals surface area contributed by atoms with Crippen molar-refractivity contribution in [3.63, 3.8) is 0 Å². The van der Waals surface area contributed by atoms with E-state index in [0.717, 1.165) is 6.54 Å². The number of hydrogen-bond acceptors (Lipinski definition) is 3. The highest BCUT2D eigenvalue weighted by molar-refractivity contribution is 5.87. The van der Waals surface area contributed by atoms with Gasteiger partial charge in [0.25, 0.3) is 0 Å². The van der Waals surface area contributed by atoms with Gasteiger partial charge in [0.2, 0.25) is 5.91 Å². The Balaban J connectivity index is 2.07. The molecule has 1 aliphatic rings. The first-order valence-electron chi connectivity index (χ1n) is 5.59. The molecule has 1 saturated heterocycles. The maximum absolute atomic E-state index is 11.5. The average Bonchev–Trinajstić information content (AvgIpc) is 2.86. The topological polar surface area (TPSA) is 51.5 Å². The van der Waals surface area contributed by atoms with Gasteiger partial charge in [-0.25, -0.2) is 4.79 Å². The maximum Gasteiger partial charge on any atom is 0.354 e. The Morgan fingerprint density at radius 2 is 2.35 bits per heavy atom. The minimum Gasteiger partial charge on any atom is -0.464 e. The van der Waals surface area contributed by atoms with Crippen LogP contribution in [-0.2, 0) is 16.1 Å². The number of carbonyl (C=O) groups excluding carboxylic acids is 2. The molecule has 1 fully saturated rings. The first kappa shape index (κ1) is 11.7. The van der Waals surface area contributed by atoms with E-state index < -0.39 is 0 Å². The van der Waals surface area contributed by atoms with Crippen LogP contribution in [0.25, 0.3) is 0 Å². The third-order valence-corrected chi connectivity index (χ3v) is 3.10. The second kappa shape index (κ2) is 4.61. The van der Waals surface area contributed by atoms with Crippen LogP contribution in [0.3, 0.4) is 0 Å². The van der Waals surface area contributed by atoms with E-state index in [4.69, 9.17) is 4.74 Å². The molecule has 5 nitrogen and oxygen atoms in total. The molecule has 0 radical (unpaired) electrons. The van der Waals surface area contributed by atoms with Gasteiger partial charge in [0.05, 0.1) is 7.11 Å². The highest BCUT2D eigenvalue weighted by atomic mass is 16.5. The molecule has 92 valence electrons. The summed E-state index contributed by atoms with van der Waals surface area (Å²) >= 11 is 0. The zero-order chi connectivity index (χ0) is 12.4. The van der Waals surface area contributed by atoms with Crippen molar-refractivity contribution < 1.29 is 14.3 Å². The van der Waals surface area contributed by atoms with Gasteiger partial charge in [0, 0.05) is 38.7 Å². The molecular weight excluding hydrogens is 220 g/mol. The van der Waals surface area contributed by atoms with Crippen LogP contribution in [0.2, 0.25) is 0 Å². The molecule has 0 N–H and O–H groups in total. The number of rotatable bonds is 3. The summed E-state index contributed by atoms with van der Waals surface area (Å²) in [6.45, 7) is 1.42. The lowest BCUT2D eigenvalue weighted by Crippen LogP contribution is -2.20. The van der Waals surface area contributed by atoms with Crippen LogP contribution in [-0.4, -0.2) is 42.0 Å². The molecule has 0 aliphatic carbocycles. The molecule has 0 spiro atoms. The monoisotopic (exact) mass is 236 g/mol. The van der Waals surface area contributed by atoms with Crippen LogP contribution in [0.1, 0.15) is 16.9 Å². The van der Waals surface area contributed by atoms with E-state index in [2.05, 4.69) is 0 Å². The van der Waals surface area contributed by atoms with Crippen LogP contribution in [0.4, 0.5) is 0 Å². The van der Waals surface area contributed by atoms with E-state index >= 15 is 0 Å². The van der Waals surface area contributed by atoms with E-state index in [-0.39, 0.29) is 17.8 Å².